The number of carbonyl (C=O) groups excluding carboxylic acids is 2. The van der Waals surface area contributed by atoms with Crippen molar-refractivity contribution >= 4 is 67.2 Å². The summed E-state index contributed by atoms with van der Waals surface area (Å²) in [6.45, 7) is 0. The molecule has 0 atom stereocenters. The molecule has 0 bridgehead atoms. The van der Waals surface area contributed by atoms with E-state index in [9.17, 15) is 29.4 Å². The molecule has 2 N–H and O–H groups in total. The predicted molar refractivity (Wildman–Crippen MR) is 142 cm³/mol. The van der Waals surface area contributed by atoms with Gasteiger partial charge in [0.05, 0.1) is 22.7 Å². The van der Waals surface area contributed by atoms with Crippen molar-refractivity contribution in [2.24, 2.45) is 0 Å². The van der Waals surface area contributed by atoms with Gasteiger partial charge in [-0.25, -0.2) is 9.97 Å². The van der Waals surface area contributed by atoms with Crippen LogP contribution in [0.25, 0.3) is 32.6 Å². The molecule has 0 saturated heterocycles. The van der Waals surface area contributed by atoms with Gasteiger partial charge >= 0.3 is 59.1 Å². The van der Waals surface area contributed by atoms with E-state index >= 15 is 0 Å². The van der Waals surface area contributed by atoms with Gasteiger partial charge in [0.15, 0.2) is 0 Å². The number of aryl methyl sites for hydroxylation is 4. The molecule has 2 aliphatic rings. The Bertz CT molecular complexity index is 1620. The Labute approximate surface area is 280 Å². The number of hydrogen-bond donors (Lipinski definition) is 2. The fourth-order valence-electron chi connectivity index (χ4n) is 4.81. The number of aromatic amines is 2. The molecule has 4 heterocycles. The zero-order chi connectivity index (χ0) is 26.8. The normalized spacial score (nSPS) is 14.2. The van der Waals surface area contributed by atoms with E-state index in [0.717, 1.165) is 74.6 Å². The second-order valence-corrected chi connectivity index (χ2v) is 11.2. The molecule has 0 fully saturated rings. The summed E-state index contributed by atoms with van der Waals surface area (Å²) in [5, 5.41) is 22.1. The van der Waals surface area contributed by atoms with E-state index in [1.165, 1.54) is 44.6 Å². The van der Waals surface area contributed by atoms with Crippen molar-refractivity contribution in [3.05, 3.63) is 65.4 Å². The van der Waals surface area contributed by atoms with Crippen molar-refractivity contribution in [1.29, 1.82) is 0 Å². The van der Waals surface area contributed by atoms with Gasteiger partial charge in [-0.15, -0.1) is 22.7 Å². The number of rotatable bonds is 4. The van der Waals surface area contributed by atoms with Gasteiger partial charge < -0.3 is 29.8 Å². The standard InChI is InChI=1S/2C13H12N2O3S.2Na/c2*16-10(17)6-5-9-14-12(18)11-7-3-1-2-4-8(7)19-13(11)15-9;;/h2*5-6H,1-4H2,(H,16,17)(H,14,15,18);;/q;;2*+1/p-2/b2*6-5+;;. The van der Waals surface area contributed by atoms with Crippen molar-refractivity contribution in [3.8, 4) is 0 Å². The summed E-state index contributed by atoms with van der Waals surface area (Å²) >= 11 is 3.07. The van der Waals surface area contributed by atoms with Gasteiger partial charge in [-0.1, -0.05) is 0 Å². The maximum absolute atomic E-state index is 12.1. The first-order valence-corrected chi connectivity index (χ1v) is 13.8. The molecular formula is C26H22N4Na2O6S2. The first kappa shape index (κ1) is 32.6. The summed E-state index contributed by atoms with van der Waals surface area (Å²) in [5.74, 6) is -2.12. The minimum Gasteiger partial charge on any atom is -0.545 e. The van der Waals surface area contributed by atoms with E-state index in [0.29, 0.717) is 20.4 Å². The summed E-state index contributed by atoms with van der Waals surface area (Å²) in [6.07, 6.45) is 12.6. The monoisotopic (exact) mass is 596 g/mol. The van der Waals surface area contributed by atoms with Crippen LogP contribution in [0.1, 0.15) is 58.2 Å². The first-order valence-electron chi connectivity index (χ1n) is 12.2. The number of H-pyrrole nitrogens is 2. The molecule has 0 aliphatic heterocycles. The Morgan fingerprint density at radius 3 is 1.43 bits per heavy atom. The van der Waals surface area contributed by atoms with Crippen molar-refractivity contribution in [2.45, 2.75) is 51.4 Å². The van der Waals surface area contributed by atoms with Gasteiger partial charge in [0.2, 0.25) is 0 Å². The quantitative estimate of drug-likeness (QED) is 0.175. The maximum atomic E-state index is 12.1. The Balaban J connectivity index is 0.000000210. The number of nitrogens with one attached hydrogen (secondary N) is 2. The zero-order valence-electron chi connectivity index (χ0n) is 22.1. The number of carboxylic acids is 2. The number of thiophene rings is 2. The van der Waals surface area contributed by atoms with E-state index in [4.69, 9.17) is 0 Å². The topological polar surface area (TPSA) is 172 Å². The van der Waals surface area contributed by atoms with E-state index in [-0.39, 0.29) is 81.9 Å². The van der Waals surface area contributed by atoms with Gasteiger partial charge in [0.1, 0.15) is 21.3 Å². The number of hydrogen-bond acceptors (Lipinski definition) is 10. The molecule has 0 saturated carbocycles. The fourth-order valence-corrected chi connectivity index (χ4v) is 7.35. The summed E-state index contributed by atoms with van der Waals surface area (Å²) < 4.78 is 0. The van der Waals surface area contributed by atoms with Crippen LogP contribution in [0.5, 0.6) is 0 Å². The van der Waals surface area contributed by atoms with E-state index in [1.807, 2.05) is 0 Å². The Morgan fingerprint density at radius 2 is 1.05 bits per heavy atom. The number of fused-ring (bicyclic) bond motifs is 6. The van der Waals surface area contributed by atoms with Crippen molar-refractivity contribution in [1.82, 2.24) is 19.9 Å². The molecule has 0 spiro atoms. The molecule has 14 heteroatoms. The van der Waals surface area contributed by atoms with Gasteiger partial charge in [-0.05, 0) is 86.8 Å². The smallest absolute Gasteiger partial charge is 0.545 e. The van der Waals surface area contributed by atoms with E-state index in [2.05, 4.69) is 19.9 Å². The zero-order valence-corrected chi connectivity index (χ0v) is 27.8. The van der Waals surface area contributed by atoms with E-state index in [1.54, 1.807) is 0 Å². The SMILES string of the molecule is O=C([O-])/C=C/c1nc2sc3c(c2c(=O)[nH]1)CCCC3.O=C([O-])/C=C/c1nc2sc3c(c2c(=O)[nH]1)CCCC3.[Na+].[Na+]. The third kappa shape index (κ3) is 7.29. The summed E-state index contributed by atoms with van der Waals surface area (Å²) in [5.41, 5.74) is 1.86. The van der Waals surface area contributed by atoms with Crippen LogP contribution in [0.4, 0.5) is 0 Å². The van der Waals surface area contributed by atoms with Crippen LogP contribution < -0.4 is 80.4 Å². The molecule has 4 aromatic rings. The Kier molecular flexibility index (Phi) is 11.7. The van der Waals surface area contributed by atoms with Gasteiger partial charge in [-0.3, -0.25) is 9.59 Å². The molecule has 196 valence electrons. The third-order valence-electron chi connectivity index (χ3n) is 6.44. The Morgan fingerprint density at radius 1 is 0.675 bits per heavy atom. The van der Waals surface area contributed by atoms with Crippen LogP contribution in [-0.4, -0.2) is 31.9 Å². The van der Waals surface area contributed by atoms with Crippen LogP contribution >= 0.6 is 22.7 Å². The number of aromatic nitrogens is 4. The number of carbonyl (C=O) groups is 2. The third-order valence-corrected chi connectivity index (χ3v) is 8.81. The molecule has 0 radical (unpaired) electrons. The molecule has 2 aliphatic carbocycles. The second kappa shape index (κ2) is 14.3. The molecule has 40 heavy (non-hydrogen) atoms. The summed E-state index contributed by atoms with van der Waals surface area (Å²) in [6, 6.07) is 0. The van der Waals surface area contributed by atoms with Crippen molar-refractivity contribution < 1.29 is 78.9 Å². The average molecular weight is 597 g/mol. The molecule has 10 nitrogen and oxygen atoms in total. The molecule has 6 rings (SSSR count). The number of carboxylic acid groups (broad SMARTS) is 2. The largest absolute Gasteiger partial charge is 1.00 e. The van der Waals surface area contributed by atoms with E-state index < -0.39 is 11.9 Å². The molecular weight excluding hydrogens is 574 g/mol. The van der Waals surface area contributed by atoms with Gasteiger partial charge in [-0.2, -0.15) is 0 Å². The second-order valence-electron chi connectivity index (χ2n) is 8.99. The molecule has 0 unspecified atom stereocenters. The first-order chi connectivity index (χ1) is 18.3. The van der Waals surface area contributed by atoms with Gasteiger partial charge in [0, 0.05) is 9.75 Å². The number of nitrogens with zero attached hydrogens (tertiary/aromatic N) is 2. The molecule has 4 aromatic heterocycles. The van der Waals surface area contributed by atoms with Crippen LogP contribution in [-0.2, 0) is 35.3 Å². The van der Waals surface area contributed by atoms with Crippen LogP contribution in [0.15, 0.2) is 21.7 Å². The van der Waals surface area contributed by atoms with Crippen LogP contribution in [0.3, 0.4) is 0 Å². The predicted octanol–water partition coefficient (Wildman–Crippen LogP) is -4.74. The van der Waals surface area contributed by atoms with Crippen LogP contribution in [0, 0.1) is 0 Å². The van der Waals surface area contributed by atoms with Crippen LogP contribution in [0.2, 0.25) is 0 Å². The minimum atomic E-state index is -1.31. The summed E-state index contributed by atoms with van der Waals surface area (Å²) in [7, 11) is 0. The Hall–Kier alpha value is -1.90. The maximum Gasteiger partial charge on any atom is 1.00 e. The molecule has 0 amide bonds. The van der Waals surface area contributed by atoms with Crippen molar-refractivity contribution in [3.63, 3.8) is 0 Å². The number of aliphatic carboxylic acids is 2. The summed E-state index contributed by atoms with van der Waals surface area (Å²) in [4.78, 5) is 62.6. The fraction of sp³-hybridized carbons (Fsp3) is 0.308. The average Bonchev–Trinajstić information content (AvgIpc) is 3.45. The van der Waals surface area contributed by atoms with Crippen molar-refractivity contribution in [2.75, 3.05) is 0 Å². The molecule has 0 aromatic carbocycles. The van der Waals surface area contributed by atoms with Gasteiger partial charge in [0.25, 0.3) is 11.1 Å². The minimum absolute atomic E-state index is 0.